The molecule has 0 saturated heterocycles. The van der Waals surface area contributed by atoms with Crippen LogP contribution in [0.4, 0.5) is 5.69 Å². The molecular formula is C17H22N2O. The van der Waals surface area contributed by atoms with Crippen molar-refractivity contribution in [2.75, 3.05) is 11.4 Å². The number of hydrogen-bond acceptors (Lipinski definition) is 2. The number of carbonyl (C=O) groups excluding carboxylic acids is 1. The second kappa shape index (κ2) is 7.69. The molecule has 0 unspecified atom stereocenters. The van der Waals surface area contributed by atoms with Gasteiger partial charge in [-0.05, 0) is 25.0 Å². The van der Waals surface area contributed by atoms with Gasteiger partial charge in [-0.15, -0.1) is 0 Å². The largest absolute Gasteiger partial charge is 0.311 e. The molecule has 1 amide bonds. The van der Waals surface area contributed by atoms with Crippen LogP contribution >= 0.6 is 0 Å². The van der Waals surface area contributed by atoms with Crippen LogP contribution in [0.3, 0.4) is 0 Å². The highest BCUT2D eigenvalue weighted by atomic mass is 16.2. The Hall–Kier alpha value is -1.82. The minimum absolute atomic E-state index is 0.136. The summed E-state index contributed by atoms with van der Waals surface area (Å²) < 4.78 is 0. The monoisotopic (exact) mass is 270 g/mol. The van der Waals surface area contributed by atoms with Crippen LogP contribution in [-0.2, 0) is 4.79 Å². The Bertz CT molecular complexity index is 456. The Balaban J connectivity index is 2.13. The van der Waals surface area contributed by atoms with Gasteiger partial charge in [0.25, 0.3) is 0 Å². The van der Waals surface area contributed by atoms with Crippen molar-refractivity contribution < 1.29 is 4.79 Å². The van der Waals surface area contributed by atoms with Crippen molar-refractivity contribution >= 4 is 11.6 Å². The van der Waals surface area contributed by atoms with E-state index in [0.717, 1.165) is 31.4 Å². The zero-order valence-electron chi connectivity index (χ0n) is 11.9. The molecule has 2 rings (SSSR count). The SMILES string of the molecule is N#CCCN(C(=O)C1CCCCCC1)c1ccccc1. The van der Waals surface area contributed by atoms with Gasteiger partial charge >= 0.3 is 0 Å². The fraction of sp³-hybridized carbons (Fsp3) is 0.529. The lowest BCUT2D eigenvalue weighted by Crippen LogP contribution is -2.36. The molecule has 1 aromatic rings. The molecule has 1 aliphatic carbocycles. The number of benzene rings is 1. The molecular weight excluding hydrogens is 248 g/mol. The summed E-state index contributed by atoms with van der Waals surface area (Å²) in [5.41, 5.74) is 0.914. The van der Waals surface area contributed by atoms with Gasteiger partial charge < -0.3 is 4.90 Å². The molecule has 20 heavy (non-hydrogen) atoms. The third-order valence-electron chi connectivity index (χ3n) is 3.99. The molecule has 3 nitrogen and oxygen atoms in total. The van der Waals surface area contributed by atoms with Crippen LogP contribution in [0.1, 0.15) is 44.9 Å². The molecule has 1 fully saturated rings. The lowest BCUT2D eigenvalue weighted by Gasteiger charge is -2.26. The van der Waals surface area contributed by atoms with Gasteiger partial charge in [0, 0.05) is 18.2 Å². The van der Waals surface area contributed by atoms with Crippen molar-refractivity contribution in [2.24, 2.45) is 5.92 Å². The minimum atomic E-state index is 0.136. The summed E-state index contributed by atoms with van der Waals surface area (Å²) in [6.07, 6.45) is 7.16. The Kier molecular flexibility index (Phi) is 5.61. The highest BCUT2D eigenvalue weighted by Gasteiger charge is 2.25. The lowest BCUT2D eigenvalue weighted by atomic mass is 9.98. The van der Waals surface area contributed by atoms with E-state index in [9.17, 15) is 4.79 Å². The zero-order chi connectivity index (χ0) is 14.2. The predicted molar refractivity (Wildman–Crippen MR) is 80.2 cm³/mol. The van der Waals surface area contributed by atoms with E-state index in [1.54, 1.807) is 4.90 Å². The first-order chi connectivity index (χ1) is 9.83. The van der Waals surface area contributed by atoms with E-state index < -0.39 is 0 Å². The van der Waals surface area contributed by atoms with Gasteiger partial charge in [0.1, 0.15) is 0 Å². The molecule has 0 radical (unpaired) electrons. The maximum Gasteiger partial charge on any atom is 0.230 e. The second-order valence-corrected chi connectivity index (χ2v) is 5.42. The molecule has 0 bridgehead atoms. The first-order valence-corrected chi connectivity index (χ1v) is 7.56. The molecule has 0 aromatic heterocycles. The predicted octanol–water partition coefficient (Wildman–Crippen LogP) is 3.90. The Morgan fingerprint density at radius 3 is 2.40 bits per heavy atom. The summed E-state index contributed by atoms with van der Waals surface area (Å²) in [5.74, 6) is 0.338. The number of para-hydroxylation sites is 1. The average Bonchev–Trinajstić information content (AvgIpc) is 2.77. The molecule has 0 atom stereocenters. The smallest absolute Gasteiger partial charge is 0.230 e. The number of amides is 1. The normalized spacial score (nSPS) is 16.1. The van der Waals surface area contributed by atoms with Crippen molar-refractivity contribution in [1.82, 2.24) is 0 Å². The fourth-order valence-electron chi connectivity index (χ4n) is 2.88. The van der Waals surface area contributed by atoms with E-state index in [4.69, 9.17) is 5.26 Å². The summed E-state index contributed by atoms with van der Waals surface area (Å²) >= 11 is 0. The van der Waals surface area contributed by atoms with Crippen LogP contribution in [0.2, 0.25) is 0 Å². The lowest BCUT2D eigenvalue weighted by molar-refractivity contribution is -0.122. The topological polar surface area (TPSA) is 44.1 Å². The summed E-state index contributed by atoms with van der Waals surface area (Å²) in [4.78, 5) is 14.6. The highest BCUT2D eigenvalue weighted by Crippen LogP contribution is 2.27. The Labute approximate surface area is 121 Å². The summed E-state index contributed by atoms with van der Waals surface area (Å²) in [6, 6.07) is 11.9. The highest BCUT2D eigenvalue weighted by molar-refractivity contribution is 5.95. The van der Waals surface area contributed by atoms with Gasteiger partial charge in [0.05, 0.1) is 12.5 Å². The van der Waals surface area contributed by atoms with Gasteiger partial charge in [-0.1, -0.05) is 43.9 Å². The van der Waals surface area contributed by atoms with E-state index in [-0.39, 0.29) is 11.8 Å². The summed E-state index contributed by atoms with van der Waals surface area (Å²) in [5, 5.41) is 8.81. The van der Waals surface area contributed by atoms with Crippen LogP contribution in [0.15, 0.2) is 30.3 Å². The van der Waals surface area contributed by atoms with Crippen LogP contribution in [0.25, 0.3) is 0 Å². The van der Waals surface area contributed by atoms with Crippen LogP contribution in [-0.4, -0.2) is 12.5 Å². The maximum absolute atomic E-state index is 12.8. The first-order valence-electron chi connectivity index (χ1n) is 7.56. The van der Waals surface area contributed by atoms with Crippen molar-refractivity contribution in [1.29, 1.82) is 5.26 Å². The van der Waals surface area contributed by atoms with Gasteiger partial charge in [-0.3, -0.25) is 4.79 Å². The number of carbonyl (C=O) groups is 1. The van der Waals surface area contributed by atoms with E-state index >= 15 is 0 Å². The van der Waals surface area contributed by atoms with Crippen LogP contribution in [0, 0.1) is 17.2 Å². The quantitative estimate of drug-likeness (QED) is 0.779. The average molecular weight is 270 g/mol. The zero-order valence-corrected chi connectivity index (χ0v) is 11.9. The van der Waals surface area contributed by atoms with Gasteiger partial charge in [0.15, 0.2) is 0 Å². The van der Waals surface area contributed by atoms with E-state index in [2.05, 4.69) is 6.07 Å². The van der Waals surface area contributed by atoms with E-state index in [0.29, 0.717) is 13.0 Å². The molecule has 0 spiro atoms. The first kappa shape index (κ1) is 14.6. The van der Waals surface area contributed by atoms with Crippen molar-refractivity contribution in [3.8, 4) is 6.07 Å². The molecule has 1 aliphatic rings. The second-order valence-electron chi connectivity index (χ2n) is 5.42. The number of rotatable bonds is 4. The number of anilines is 1. The fourth-order valence-corrected chi connectivity index (χ4v) is 2.88. The Morgan fingerprint density at radius 2 is 1.80 bits per heavy atom. The maximum atomic E-state index is 12.8. The third kappa shape index (κ3) is 3.84. The molecule has 3 heteroatoms. The molecule has 0 aliphatic heterocycles. The van der Waals surface area contributed by atoms with Crippen LogP contribution in [0.5, 0.6) is 0 Å². The van der Waals surface area contributed by atoms with Gasteiger partial charge in [0.2, 0.25) is 5.91 Å². The van der Waals surface area contributed by atoms with Gasteiger partial charge in [-0.2, -0.15) is 5.26 Å². The molecule has 1 aromatic carbocycles. The van der Waals surface area contributed by atoms with Crippen molar-refractivity contribution in [3.05, 3.63) is 30.3 Å². The number of nitriles is 1. The molecule has 106 valence electrons. The van der Waals surface area contributed by atoms with Crippen molar-refractivity contribution in [2.45, 2.75) is 44.9 Å². The molecule has 0 heterocycles. The van der Waals surface area contributed by atoms with E-state index in [1.807, 2.05) is 30.3 Å². The standard InChI is InChI=1S/C17H22N2O/c18-13-8-14-19(16-11-6-3-7-12-16)17(20)15-9-4-1-2-5-10-15/h3,6-7,11-12,15H,1-2,4-5,8-10,14H2. The summed E-state index contributed by atoms with van der Waals surface area (Å²) in [7, 11) is 0. The van der Waals surface area contributed by atoms with Crippen molar-refractivity contribution in [3.63, 3.8) is 0 Å². The molecule has 1 saturated carbocycles. The third-order valence-corrected chi connectivity index (χ3v) is 3.99. The molecule has 0 N–H and O–H groups in total. The van der Waals surface area contributed by atoms with Gasteiger partial charge in [-0.25, -0.2) is 0 Å². The number of hydrogen-bond donors (Lipinski definition) is 0. The summed E-state index contributed by atoms with van der Waals surface area (Å²) in [6.45, 7) is 0.496. The van der Waals surface area contributed by atoms with E-state index in [1.165, 1.54) is 12.8 Å². The minimum Gasteiger partial charge on any atom is -0.311 e. The number of nitrogens with zero attached hydrogens (tertiary/aromatic N) is 2. The van der Waals surface area contributed by atoms with Crippen LogP contribution < -0.4 is 4.90 Å². The Morgan fingerprint density at radius 1 is 1.15 bits per heavy atom.